The molecule has 0 atom stereocenters. The van der Waals surface area contributed by atoms with Crippen molar-refractivity contribution < 1.29 is 0 Å². The van der Waals surface area contributed by atoms with Gasteiger partial charge in [0.05, 0.1) is 23.4 Å². The van der Waals surface area contributed by atoms with Crippen LogP contribution in [0.3, 0.4) is 0 Å². The van der Waals surface area contributed by atoms with Crippen LogP contribution < -0.4 is 10.6 Å². The highest BCUT2D eigenvalue weighted by Crippen LogP contribution is 2.14. The van der Waals surface area contributed by atoms with Crippen molar-refractivity contribution in [1.29, 1.82) is 0 Å². The summed E-state index contributed by atoms with van der Waals surface area (Å²) in [7, 11) is 0. The molecule has 0 unspecified atom stereocenters. The zero-order valence-electron chi connectivity index (χ0n) is 15.4. The van der Waals surface area contributed by atoms with Crippen molar-refractivity contribution in [3.05, 3.63) is 63.3 Å². The van der Waals surface area contributed by atoms with E-state index in [0.717, 1.165) is 41.7 Å². The van der Waals surface area contributed by atoms with E-state index in [0.29, 0.717) is 11.6 Å². The predicted octanol–water partition coefficient (Wildman–Crippen LogP) is 3.59. The highest BCUT2D eigenvalue weighted by molar-refractivity contribution is 7.11. The standard InChI is InChI=1S/C19H23ClN6S/c1-3-21-19(22-9-8-18-23-10-14(2)27-18)24-11-15-12-25-26(13-15)17-6-4-16(20)5-7-17/h4-7,10,12-13H,3,8-9,11H2,1-2H3,(H2,21,22,24). The number of aliphatic imine (C=N–C) groups is 1. The summed E-state index contributed by atoms with van der Waals surface area (Å²) in [6.07, 6.45) is 6.61. The summed E-state index contributed by atoms with van der Waals surface area (Å²) in [5.74, 6) is 0.796. The molecule has 0 fully saturated rings. The third kappa shape index (κ3) is 5.80. The van der Waals surface area contributed by atoms with Gasteiger partial charge in [0.25, 0.3) is 0 Å². The number of benzene rings is 1. The van der Waals surface area contributed by atoms with Crippen LogP contribution in [0.5, 0.6) is 0 Å². The molecule has 142 valence electrons. The Bertz CT molecular complexity index is 884. The molecule has 0 saturated carbocycles. The van der Waals surface area contributed by atoms with E-state index < -0.39 is 0 Å². The summed E-state index contributed by atoms with van der Waals surface area (Å²) in [5.41, 5.74) is 2.01. The minimum atomic E-state index is 0.555. The molecular weight excluding hydrogens is 380 g/mol. The summed E-state index contributed by atoms with van der Waals surface area (Å²) in [4.78, 5) is 10.3. The lowest BCUT2D eigenvalue weighted by atomic mass is 10.3. The van der Waals surface area contributed by atoms with Gasteiger partial charge in [0, 0.05) is 47.4 Å². The first-order valence-corrected chi connectivity index (χ1v) is 10.1. The number of aromatic nitrogens is 3. The van der Waals surface area contributed by atoms with Crippen LogP contribution in [0.4, 0.5) is 0 Å². The van der Waals surface area contributed by atoms with Crippen molar-refractivity contribution in [2.75, 3.05) is 13.1 Å². The Morgan fingerprint density at radius 3 is 2.74 bits per heavy atom. The van der Waals surface area contributed by atoms with Crippen molar-refractivity contribution >= 4 is 28.9 Å². The molecule has 0 saturated heterocycles. The fourth-order valence-corrected chi connectivity index (χ4v) is 3.41. The van der Waals surface area contributed by atoms with Gasteiger partial charge in [-0.2, -0.15) is 5.10 Å². The van der Waals surface area contributed by atoms with Crippen molar-refractivity contribution in [2.24, 2.45) is 4.99 Å². The average Bonchev–Trinajstić information content (AvgIpc) is 3.29. The Morgan fingerprint density at radius 2 is 2.04 bits per heavy atom. The fraction of sp³-hybridized carbons (Fsp3) is 0.316. The number of hydrogen-bond donors (Lipinski definition) is 2. The third-order valence-electron chi connectivity index (χ3n) is 3.79. The maximum atomic E-state index is 5.94. The molecule has 27 heavy (non-hydrogen) atoms. The highest BCUT2D eigenvalue weighted by Gasteiger charge is 2.03. The van der Waals surface area contributed by atoms with Crippen LogP contribution in [-0.2, 0) is 13.0 Å². The van der Waals surface area contributed by atoms with E-state index in [1.165, 1.54) is 4.88 Å². The lowest BCUT2D eigenvalue weighted by Gasteiger charge is -2.10. The molecule has 8 heteroatoms. The van der Waals surface area contributed by atoms with Crippen LogP contribution in [-0.4, -0.2) is 33.8 Å². The Morgan fingerprint density at radius 1 is 1.22 bits per heavy atom. The predicted molar refractivity (Wildman–Crippen MR) is 112 cm³/mol. The maximum absolute atomic E-state index is 5.94. The Balaban J connectivity index is 1.57. The Hall–Kier alpha value is -2.38. The van der Waals surface area contributed by atoms with Crippen molar-refractivity contribution in [3.63, 3.8) is 0 Å². The molecule has 3 rings (SSSR count). The molecule has 0 spiro atoms. The SMILES string of the molecule is CCNC(=NCc1cnn(-c2ccc(Cl)cc2)c1)NCCc1ncc(C)s1. The van der Waals surface area contributed by atoms with E-state index in [9.17, 15) is 0 Å². The first-order valence-electron chi connectivity index (χ1n) is 8.87. The van der Waals surface area contributed by atoms with Gasteiger partial charge < -0.3 is 10.6 Å². The van der Waals surface area contributed by atoms with Crippen LogP contribution in [0.1, 0.15) is 22.4 Å². The van der Waals surface area contributed by atoms with Gasteiger partial charge >= 0.3 is 0 Å². The molecule has 6 nitrogen and oxygen atoms in total. The van der Waals surface area contributed by atoms with Crippen LogP contribution in [0.25, 0.3) is 5.69 Å². The molecule has 0 aliphatic heterocycles. The maximum Gasteiger partial charge on any atom is 0.191 e. The number of nitrogens with zero attached hydrogens (tertiary/aromatic N) is 4. The minimum absolute atomic E-state index is 0.555. The first kappa shape index (κ1) is 19.4. The molecule has 2 aromatic heterocycles. The van der Waals surface area contributed by atoms with Crippen LogP contribution in [0.2, 0.25) is 5.02 Å². The number of guanidine groups is 1. The van der Waals surface area contributed by atoms with Crippen LogP contribution in [0, 0.1) is 6.92 Å². The largest absolute Gasteiger partial charge is 0.357 e. The number of thiazole rings is 1. The van der Waals surface area contributed by atoms with E-state index >= 15 is 0 Å². The average molecular weight is 403 g/mol. The monoisotopic (exact) mass is 402 g/mol. The van der Waals surface area contributed by atoms with Gasteiger partial charge in [-0.15, -0.1) is 11.3 Å². The Kier molecular flexibility index (Phi) is 6.84. The van der Waals surface area contributed by atoms with E-state index in [1.807, 2.05) is 47.5 Å². The van der Waals surface area contributed by atoms with E-state index in [-0.39, 0.29) is 0 Å². The second kappa shape index (κ2) is 9.53. The lowest BCUT2D eigenvalue weighted by molar-refractivity contribution is 0.796. The van der Waals surface area contributed by atoms with Gasteiger partial charge in [0.1, 0.15) is 0 Å². The smallest absolute Gasteiger partial charge is 0.191 e. The first-order chi connectivity index (χ1) is 13.1. The molecule has 2 heterocycles. The van der Waals surface area contributed by atoms with E-state index in [4.69, 9.17) is 11.6 Å². The fourth-order valence-electron chi connectivity index (χ4n) is 2.49. The van der Waals surface area contributed by atoms with Gasteiger partial charge in [-0.3, -0.25) is 0 Å². The van der Waals surface area contributed by atoms with Gasteiger partial charge in [-0.1, -0.05) is 11.6 Å². The summed E-state index contributed by atoms with van der Waals surface area (Å²) in [5, 5.41) is 12.9. The molecule has 0 bridgehead atoms. The molecule has 1 aromatic carbocycles. The quantitative estimate of drug-likeness (QED) is 0.468. The van der Waals surface area contributed by atoms with Gasteiger partial charge in [-0.25, -0.2) is 14.7 Å². The van der Waals surface area contributed by atoms with Crippen molar-refractivity contribution in [1.82, 2.24) is 25.4 Å². The molecule has 0 aliphatic carbocycles. The third-order valence-corrected chi connectivity index (χ3v) is 5.02. The van der Waals surface area contributed by atoms with Gasteiger partial charge in [-0.05, 0) is 38.1 Å². The van der Waals surface area contributed by atoms with Gasteiger partial charge in [0.2, 0.25) is 0 Å². The number of halogens is 1. The Labute approximate surface area is 168 Å². The number of hydrogen-bond acceptors (Lipinski definition) is 4. The summed E-state index contributed by atoms with van der Waals surface area (Å²) in [6, 6.07) is 7.59. The summed E-state index contributed by atoms with van der Waals surface area (Å²) >= 11 is 7.67. The van der Waals surface area contributed by atoms with Crippen molar-refractivity contribution in [3.8, 4) is 5.69 Å². The molecule has 0 radical (unpaired) electrons. The zero-order valence-corrected chi connectivity index (χ0v) is 17.0. The normalized spacial score (nSPS) is 11.6. The topological polar surface area (TPSA) is 67.1 Å². The molecular formula is C19H23ClN6S. The second-order valence-electron chi connectivity index (χ2n) is 6.01. The van der Waals surface area contributed by atoms with Crippen LogP contribution in [0.15, 0.2) is 47.8 Å². The number of nitrogens with one attached hydrogen (secondary N) is 2. The molecule has 0 amide bonds. The minimum Gasteiger partial charge on any atom is -0.357 e. The summed E-state index contributed by atoms with van der Waals surface area (Å²) in [6.45, 7) is 6.29. The molecule has 0 aliphatic rings. The number of rotatable bonds is 7. The van der Waals surface area contributed by atoms with E-state index in [1.54, 1.807) is 11.3 Å². The second-order valence-corrected chi connectivity index (χ2v) is 7.76. The molecule has 2 N–H and O–H groups in total. The lowest BCUT2D eigenvalue weighted by Crippen LogP contribution is -2.38. The van der Waals surface area contributed by atoms with Crippen LogP contribution >= 0.6 is 22.9 Å². The molecule has 3 aromatic rings. The highest BCUT2D eigenvalue weighted by atomic mass is 35.5. The van der Waals surface area contributed by atoms with Gasteiger partial charge in [0.15, 0.2) is 5.96 Å². The summed E-state index contributed by atoms with van der Waals surface area (Å²) < 4.78 is 1.83. The number of aryl methyl sites for hydroxylation is 1. The zero-order chi connectivity index (χ0) is 19.1. The van der Waals surface area contributed by atoms with E-state index in [2.05, 4.69) is 39.6 Å². The van der Waals surface area contributed by atoms with Crippen molar-refractivity contribution in [2.45, 2.75) is 26.8 Å².